The van der Waals surface area contributed by atoms with Crippen LogP contribution in [0, 0.1) is 0 Å². The van der Waals surface area contributed by atoms with Gasteiger partial charge in [-0.15, -0.1) is 0 Å². The van der Waals surface area contributed by atoms with Crippen LogP contribution in [0.1, 0.15) is 16.8 Å². The van der Waals surface area contributed by atoms with Crippen molar-refractivity contribution < 1.29 is 4.79 Å². The molecule has 0 bridgehead atoms. The van der Waals surface area contributed by atoms with Crippen molar-refractivity contribution >= 4 is 33.4 Å². The minimum absolute atomic E-state index is 0.0359. The lowest BCUT2D eigenvalue weighted by atomic mass is 10.1. The van der Waals surface area contributed by atoms with Gasteiger partial charge in [0.15, 0.2) is 0 Å². The van der Waals surface area contributed by atoms with Gasteiger partial charge in [0.2, 0.25) is 0 Å². The molecular formula is C10H9BrClNO. The van der Waals surface area contributed by atoms with Crippen molar-refractivity contribution in [2.75, 3.05) is 13.1 Å². The van der Waals surface area contributed by atoms with Crippen LogP contribution in [0.25, 0.3) is 0 Å². The third-order valence-electron chi connectivity index (χ3n) is 2.30. The zero-order chi connectivity index (χ0) is 10.1. The number of rotatable bonds is 1. The number of carbonyl (C=O) groups excluding carboxylic acids is 1. The van der Waals surface area contributed by atoms with Gasteiger partial charge in [-0.3, -0.25) is 4.79 Å². The fourth-order valence-electron chi connectivity index (χ4n) is 1.35. The lowest BCUT2D eigenvalue weighted by Gasteiger charge is -2.31. The molecule has 1 saturated heterocycles. The fraction of sp³-hybridized carbons (Fsp3) is 0.300. The van der Waals surface area contributed by atoms with E-state index < -0.39 is 0 Å². The number of nitrogens with zero attached hydrogens (tertiary/aromatic N) is 1. The summed E-state index contributed by atoms with van der Waals surface area (Å²) in [6.07, 6.45) is 1.10. The lowest BCUT2D eigenvalue weighted by molar-refractivity contribution is 0.0652. The highest BCUT2D eigenvalue weighted by Gasteiger charge is 2.23. The molecule has 0 radical (unpaired) electrons. The summed E-state index contributed by atoms with van der Waals surface area (Å²) < 4.78 is 0.891. The summed E-state index contributed by atoms with van der Waals surface area (Å²) in [5.41, 5.74) is 0.592. The molecule has 74 valence electrons. The fourth-order valence-corrected chi connectivity index (χ4v) is 2.11. The Morgan fingerprint density at radius 3 is 2.64 bits per heavy atom. The van der Waals surface area contributed by atoms with Crippen LogP contribution in [0.5, 0.6) is 0 Å². The highest BCUT2D eigenvalue weighted by Crippen LogP contribution is 2.23. The quantitative estimate of drug-likeness (QED) is 0.771. The van der Waals surface area contributed by atoms with Crippen molar-refractivity contribution in [3.8, 4) is 0 Å². The van der Waals surface area contributed by atoms with E-state index in [1.807, 2.05) is 6.07 Å². The number of amides is 1. The second-order valence-corrected chi connectivity index (χ2v) is 4.59. The van der Waals surface area contributed by atoms with E-state index in [1.54, 1.807) is 17.0 Å². The van der Waals surface area contributed by atoms with Crippen LogP contribution in [-0.4, -0.2) is 23.9 Å². The van der Waals surface area contributed by atoms with Crippen molar-refractivity contribution in [3.63, 3.8) is 0 Å². The molecule has 1 aromatic carbocycles. The SMILES string of the molecule is O=C(c1ccc(Br)cc1Cl)N1CCC1. The molecule has 1 fully saturated rings. The first-order valence-corrected chi connectivity index (χ1v) is 5.60. The predicted molar refractivity (Wildman–Crippen MR) is 59.7 cm³/mol. The number of benzene rings is 1. The van der Waals surface area contributed by atoms with Crippen molar-refractivity contribution in [2.24, 2.45) is 0 Å². The number of carbonyl (C=O) groups is 1. The molecule has 1 aliphatic heterocycles. The molecule has 2 nitrogen and oxygen atoms in total. The minimum Gasteiger partial charge on any atom is -0.338 e. The van der Waals surface area contributed by atoms with Crippen LogP contribution >= 0.6 is 27.5 Å². The maximum atomic E-state index is 11.8. The third kappa shape index (κ3) is 1.79. The summed E-state index contributed by atoms with van der Waals surface area (Å²) in [5, 5.41) is 0.510. The van der Waals surface area contributed by atoms with Crippen LogP contribution in [0.2, 0.25) is 5.02 Å². The second-order valence-electron chi connectivity index (χ2n) is 3.27. The molecule has 0 atom stereocenters. The molecule has 14 heavy (non-hydrogen) atoms. The smallest absolute Gasteiger partial charge is 0.255 e. The molecule has 0 saturated carbocycles. The summed E-state index contributed by atoms with van der Waals surface area (Å²) in [5.74, 6) is 0.0359. The van der Waals surface area contributed by atoms with Crippen LogP contribution < -0.4 is 0 Å². The van der Waals surface area contributed by atoms with E-state index in [2.05, 4.69) is 15.9 Å². The molecule has 0 unspecified atom stereocenters. The Bertz CT molecular complexity index is 376. The Morgan fingerprint density at radius 1 is 1.43 bits per heavy atom. The maximum absolute atomic E-state index is 11.8. The van der Waals surface area contributed by atoms with Gasteiger partial charge in [-0.05, 0) is 24.6 Å². The molecule has 0 aliphatic carbocycles. The third-order valence-corrected chi connectivity index (χ3v) is 3.11. The Hall–Kier alpha value is -0.540. The van der Waals surface area contributed by atoms with E-state index in [1.165, 1.54) is 0 Å². The van der Waals surface area contributed by atoms with E-state index >= 15 is 0 Å². The highest BCUT2D eigenvalue weighted by molar-refractivity contribution is 9.10. The van der Waals surface area contributed by atoms with Gasteiger partial charge in [0.05, 0.1) is 10.6 Å². The zero-order valence-corrected chi connectivity index (χ0v) is 9.81. The van der Waals surface area contributed by atoms with Gasteiger partial charge in [-0.25, -0.2) is 0 Å². The summed E-state index contributed by atoms with van der Waals surface area (Å²) in [4.78, 5) is 13.6. The summed E-state index contributed by atoms with van der Waals surface area (Å²) in [7, 11) is 0. The van der Waals surface area contributed by atoms with E-state index in [0.717, 1.165) is 24.0 Å². The van der Waals surface area contributed by atoms with Crippen molar-refractivity contribution in [2.45, 2.75) is 6.42 Å². The average Bonchev–Trinajstić information content (AvgIpc) is 2.00. The van der Waals surface area contributed by atoms with E-state index in [9.17, 15) is 4.79 Å². The van der Waals surface area contributed by atoms with E-state index in [4.69, 9.17) is 11.6 Å². The van der Waals surface area contributed by atoms with Gasteiger partial charge in [0, 0.05) is 17.6 Å². The summed E-state index contributed by atoms with van der Waals surface area (Å²) in [6.45, 7) is 1.70. The Labute approximate surface area is 96.0 Å². The minimum atomic E-state index is 0.0359. The molecule has 1 amide bonds. The summed E-state index contributed by atoms with van der Waals surface area (Å²) >= 11 is 9.28. The van der Waals surface area contributed by atoms with Gasteiger partial charge < -0.3 is 4.90 Å². The standard InChI is InChI=1S/C10H9BrClNO/c11-7-2-3-8(9(12)6-7)10(14)13-4-1-5-13/h2-3,6H,1,4-5H2. The number of hydrogen-bond donors (Lipinski definition) is 0. The number of halogens is 2. The first-order chi connectivity index (χ1) is 6.68. The van der Waals surface area contributed by atoms with Crippen molar-refractivity contribution in [3.05, 3.63) is 33.3 Å². The van der Waals surface area contributed by atoms with Gasteiger partial charge in [0.1, 0.15) is 0 Å². The normalized spacial score (nSPS) is 15.1. The van der Waals surface area contributed by atoms with Gasteiger partial charge >= 0.3 is 0 Å². The molecule has 1 aromatic rings. The highest BCUT2D eigenvalue weighted by atomic mass is 79.9. The predicted octanol–water partition coefficient (Wildman–Crippen LogP) is 2.95. The van der Waals surface area contributed by atoms with Crippen molar-refractivity contribution in [1.82, 2.24) is 4.90 Å². The molecular weight excluding hydrogens is 265 g/mol. The van der Waals surface area contributed by atoms with Crippen LogP contribution in [0.15, 0.2) is 22.7 Å². The molecule has 1 aliphatic rings. The number of hydrogen-bond acceptors (Lipinski definition) is 1. The summed E-state index contributed by atoms with van der Waals surface area (Å²) in [6, 6.07) is 5.33. The molecule has 0 spiro atoms. The lowest BCUT2D eigenvalue weighted by Crippen LogP contribution is -2.42. The van der Waals surface area contributed by atoms with E-state index in [-0.39, 0.29) is 5.91 Å². The molecule has 1 heterocycles. The first-order valence-electron chi connectivity index (χ1n) is 4.43. The Morgan fingerprint density at radius 2 is 2.14 bits per heavy atom. The first kappa shape index (κ1) is 9.99. The zero-order valence-electron chi connectivity index (χ0n) is 7.46. The van der Waals surface area contributed by atoms with Gasteiger partial charge in [-0.1, -0.05) is 27.5 Å². The van der Waals surface area contributed by atoms with Gasteiger partial charge in [0.25, 0.3) is 5.91 Å². The van der Waals surface area contributed by atoms with Crippen molar-refractivity contribution in [1.29, 1.82) is 0 Å². The number of likely N-dealkylation sites (tertiary alicyclic amines) is 1. The molecule has 0 N–H and O–H groups in total. The Balaban J connectivity index is 2.26. The van der Waals surface area contributed by atoms with Crippen LogP contribution in [0.4, 0.5) is 0 Å². The second kappa shape index (κ2) is 3.91. The van der Waals surface area contributed by atoms with Crippen LogP contribution in [0.3, 0.4) is 0 Å². The Kier molecular flexibility index (Phi) is 2.79. The molecule has 0 aromatic heterocycles. The molecule has 4 heteroatoms. The largest absolute Gasteiger partial charge is 0.338 e. The van der Waals surface area contributed by atoms with Gasteiger partial charge in [-0.2, -0.15) is 0 Å². The monoisotopic (exact) mass is 273 g/mol. The van der Waals surface area contributed by atoms with Crippen LogP contribution in [-0.2, 0) is 0 Å². The topological polar surface area (TPSA) is 20.3 Å². The average molecular weight is 275 g/mol. The molecule has 2 rings (SSSR count). The maximum Gasteiger partial charge on any atom is 0.255 e. The van der Waals surface area contributed by atoms with E-state index in [0.29, 0.717) is 10.6 Å².